The third-order valence-corrected chi connectivity index (χ3v) is 3.83. The van der Waals surface area contributed by atoms with Crippen molar-refractivity contribution in [1.82, 2.24) is 15.3 Å². The van der Waals surface area contributed by atoms with E-state index in [4.69, 9.17) is 4.74 Å². The van der Waals surface area contributed by atoms with E-state index in [9.17, 15) is 4.79 Å². The summed E-state index contributed by atoms with van der Waals surface area (Å²) >= 11 is 0. The van der Waals surface area contributed by atoms with Crippen LogP contribution in [-0.4, -0.2) is 28.5 Å². The molecule has 2 N–H and O–H groups in total. The van der Waals surface area contributed by atoms with Crippen LogP contribution in [0.1, 0.15) is 31.4 Å². The van der Waals surface area contributed by atoms with Crippen molar-refractivity contribution < 1.29 is 9.53 Å². The number of anilines is 1. The van der Waals surface area contributed by atoms with Gasteiger partial charge >= 0.3 is 0 Å². The van der Waals surface area contributed by atoms with Gasteiger partial charge in [0.1, 0.15) is 12.1 Å². The number of benzene rings is 1. The normalized spacial score (nSPS) is 20.7. The highest BCUT2D eigenvalue weighted by Gasteiger charge is 2.30. The monoisotopic (exact) mass is 312 g/mol. The summed E-state index contributed by atoms with van der Waals surface area (Å²) in [4.78, 5) is 20.1. The zero-order valence-electron chi connectivity index (χ0n) is 13.0. The highest BCUT2D eigenvalue weighted by molar-refractivity contribution is 5.77. The molecule has 0 aliphatic carbocycles. The van der Waals surface area contributed by atoms with Crippen molar-refractivity contribution in [3.05, 3.63) is 48.3 Å². The second kappa shape index (κ2) is 7.09. The number of carbonyl (C=O) groups is 1. The second-order valence-electron chi connectivity index (χ2n) is 5.42. The van der Waals surface area contributed by atoms with E-state index in [0.29, 0.717) is 24.7 Å². The van der Waals surface area contributed by atoms with Crippen molar-refractivity contribution in [1.29, 1.82) is 0 Å². The van der Waals surface area contributed by atoms with Gasteiger partial charge in [-0.05, 0) is 18.9 Å². The fourth-order valence-corrected chi connectivity index (χ4v) is 2.77. The highest BCUT2D eigenvalue weighted by atomic mass is 16.5. The lowest BCUT2D eigenvalue weighted by Gasteiger charge is -2.33. The summed E-state index contributed by atoms with van der Waals surface area (Å²) in [6, 6.07) is 11.7. The van der Waals surface area contributed by atoms with E-state index in [-0.39, 0.29) is 18.0 Å². The first-order valence-corrected chi connectivity index (χ1v) is 7.82. The average Bonchev–Trinajstić information content (AvgIpc) is 2.58. The molecule has 2 aromatic rings. The van der Waals surface area contributed by atoms with Gasteiger partial charge in [-0.25, -0.2) is 9.97 Å². The molecule has 1 aromatic carbocycles. The van der Waals surface area contributed by atoms with Gasteiger partial charge in [0.15, 0.2) is 0 Å². The van der Waals surface area contributed by atoms with E-state index in [1.165, 1.54) is 6.33 Å². The molecule has 1 amide bonds. The minimum Gasteiger partial charge on any atom is -0.478 e. The number of nitrogens with one attached hydrogen (secondary N) is 2. The molecule has 1 saturated heterocycles. The van der Waals surface area contributed by atoms with Gasteiger partial charge in [0.25, 0.3) is 0 Å². The first-order chi connectivity index (χ1) is 11.3. The number of piperidine rings is 1. The second-order valence-corrected chi connectivity index (χ2v) is 5.42. The number of rotatable bonds is 5. The van der Waals surface area contributed by atoms with Crippen molar-refractivity contribution in [2.24, 2.45) is 0 Å². The first kappa shape index (κ1) is 15.3. The number of hydrogen-bond donors (Lipinski definition) is 2. The van der Waals surface area contributed by atoms with Gasteiger partial charge in [-0.15, -0.1) is 0 Å². The summed E-state index contributed by atoms with van der Waals surface area (Å²) in [6.07, 6.45) is 2.73. The molecule has 0 spiro atoms. The van der Waals surface area contributed by atoms with Gasteiger partial charge in [0, 0.05) is 12.5 Å². The van der Waals surface area contributed by atoms with E-state index in [1.54, 1.807) is 6.07 Å². The maximum atomic E-state index is 11.8. The van der Waals surface area contributed by atoms with Crippen molar-refractivity contribution in [3.63, 3.8) is 0 Å². The molecule has 0 unspecified atom stereocenters. The SMILES string of the molecule is CCOc1cc(N[C@@H]2CCC(=O)N[C@H]2c2ccccc2)ncn1. The van der Waals surface area contributed by atoms with Crippen LogP contribution in [0.15, 0.2) is 42.7 Å². The molecule has 1 aromatic heterocycles. The Kier molecular flexibility index (Phi) is 4.71. The summed E-state index contributed by atoms with van der Waals surface area (Å²) in [7, 11) is 0. The Morgan fingerprint density at radius 3 is 2.91 bits per heavy atom. The summed E-state index contributed by atoms with van der Waals surface area (Å²) in [6.45, 7) is 2.47. The first-order valence-electron chi connectivity index (χ1n) is 7.82. The van der Waals surface area contributed by atoms with E-state index in [1.807, 2.05) is 37.3 Å². The Hall–Kier alpha value is -2.63. The molecular formula is C17H20N4O2. The van der Waals surface area contributed by atoms with Crippen LogP contribution in [0.3, 0.4) is 0 Å². The van der Waals surface area contributed by atoms with Gasteiger partial charge in [-0.3, -0.25) is 4.79 Å². The smallest absolute Gasteiger partial charge is 0.220 e. The fraction of sp³-hybridized carbons (Fsp3) is 0.353. The molecule has 1 aliphatic rings. The maximum absolute atomic E-state index is 11.8. The Bertz CT molecular complexity index is 663. The maximum Gasteiger partial charge on any atom is 0.220 e. The zero-order valence-corrected chi connectivity index (χ0v) is 13.0. The Morgan fingerprint density at radius 2 is 2.13 bits per heavy atom. The van der Waals surface area contributed by atoms with E-state index >= 15 is 0 Å². The minimum absolute atomic E-state index is 0.0690. The summed E-state index contributed by atoms with van der Waals surface area (Å²) in [5.41, 5.74) is 1.08. The largest absolute Gasteiger partial charge is 0.478 e. The number of ether oxygens (including phenoxy) is 1. The standard InChI is InChI=1S/C17H20N4O2/c1-2-23-16-10-14(18-11-19-16)20-13-8-9-15(22)21-17(13)12-6-4-3-5-7-12/h3-7,10-11,13,17H,2,8-9H2,1H3,(H,21,22)(H,18,19,20)/t13-,17+/m1/s1. The number of hydrogen-bond acceptors (Lipinski definition) is 5. The van der Waals surface area contributed by atoms with Gasteiger partial charge in [0.2, 0.25) is 11.8 Å². The third-order valence-electron chi connectivity index (χ3n) is 3.83. The van der Waals surface area contributed by atoms with Gasteiger partial charge < -0.3 is 15.4 Å². The van der Waals surface area contributed by atoms with E-state index < -0.39 is 0 Å². The van der Waals surface area contributed by atoms with Crippen LogP contribution in [0.2, 0.25) is 0 Å². The predicted molar refractivity (Wildman–Crippen MR) is 87.2 cm³/mol. The molecule has 120 valence electrons. The van der Waals surface area contributed by atoms with Crippen LogP contribution in [0, 0.1) is 0 Å². The van der Waals surface area contributed by atoms with Crippen LogP contribution >= 0.6 is 0 Å². The van der Waals surface area contributed by atoms with Crippen LogP contribution < -0.4 is 15.4 Å². The number of aromatic nitrogens is 2. The Balaban J connectivity index is 1.79. The average molecular weight is 312 g/mol. The number of amides is 1. The quantitative estimate of drug-likeness (QED) is 0.886. The zero-order chi connectivity index (χ0) is 16.1. The lowest BCUT2D eigenvalue weighted by molar-refractivity contribution is -0.123. The van der Waals surface area contributed by atoms with Crippen molar-refractivity contribution in [2.75, 3.05) is 11.9 Å². The van der Waals surface area contributed by atoms with Crippen LogP contribution in [0.25, 0.3) is 0 Å². The molecule has 2 heterocycles. The van der Waals surface area contributed by atoms with Crippen molar-refractivity contribution in [2.45, 2.75) is 31.8 Å². The topological polar surface area (TPSA) is 76.1 Å². The van der Waals surface area contributed by atoms with Gasteiger partial charge in [-0.1, -0.05) is 30.3 Å². The summed E-state index contributed by atoms with van der Waals surface area (Å²) in [5, 5.41) is 6.47. The lowest BCUT2D eigenvalue weighted by atomic mass is 9.92. The lowest BCUT2D eigenvalue weighted by Crippen LogP contribution is -2.45. The van der Waals surface area contributed by atoms with E-state index in [2.05, 4.69) is 20.6 Å². The molecule has 2 atom stereocenters. The molecule has 6 heteroatoms. The fourth-order valence-electron chi connectivity index (χ4n) is 2.77. The molecule has 1 aliphatic heterocycles. The van der Waals surface area contributed by atoms with Crippen molar-refractivity contribution >= 4 is 11.7 Å². The summed E-state index contributed by atoms with van der Waals surface area (Å²) in [5.74, 6) is 1.32. The number of nitrogens with zero attached hydrogens (tertiary/aromatic N) is 2. The molecule has 3 rings (SSSR count). The van der Waals surface area contributed by atoms with Crippen molar-refractivity contribution in [3.8, 4) is 5.88 Å². The number of carbonyl (C=O) groups excluding carboxylic acids is 1. The highest BCUT2D eigenvalue weighted by Crippen LogP contribution is 2.27. The van der Waals surface area contributed by atoms with Gasteiger partial charge in [-0.2, -0.15) is 0 Å². The molecule has 0 bridgehead atoms. The van der Waals surface area contributed by atoms with Crippen LogP contribution in [-0.2, 0) is 4.79 Å². The molecular weight excluding hydrogens is 292 g/mol. The minimum atomic E-state index is -0.0806. The molecule has 0 radical (unpaired) electrons. The van der Waals surface area contributed by atoms with Crippen LogP contribution in [0.4, 0.5) is 5.82 Å². The molecule has 1 fully saturated rings. The van der Waals surface area contributed by atoms with E-state index in [0.717, 1.165) is 12.0 Å². The molecule has 0 saturated carbocycles. The van der Waals surface area contributed by atoms with Gasteiger partial charge in [0.05, 0.1) is 18.7 Å². The summed E-state index contributed by atoms with van der Waals surface area (Å²) < 4.78 is 5.40. The third kappa shape index (κ3) is 3.77. The Labute approximate surface area is 135 Å². The molecule has 6 nitrogen and oxygen atoms in total. The van der Waals surface area contributed by atoms with Crippen LogP contribution in [0.5, 0.6) is 5.88 Å². The molecule has 23 heavy (non-hydrogen) atoms. The Morgan fingerprint density at radius 1 is 1.30 bits per heavy atom. The predicted octanol–water partition coefficient (Wildman–Crippen LogP) is 2.31.